The van der Waals surface area contributed by atoms with Crippen molar-refractivity contribution in [2.24, 2.45) is 0 Å². The lowest BCUT2D eigenvalue weighted by Gasteiger charge is -2.10. The van der Waals surface area contributed by atoms with Crippen LogP contribution < -0.4 is 14.2 Å². The zero-order valence-corrected chi connectivity index (χ0v) is 15.2. The van der Waals surface area contributed by atoms with E-state index in [4.69, 9.17) is 18.9 Å². The van der Waals surface area contributed by atoms with Gasteiger partial charge in [0, 0.05) is 4.47 Å². The molecule has 0 bridgehead atoms. The molecule has 128 valence electrons. The van der Waals surface area contributed by atoms with Crippen molar-refractivity contribution in [3.63, 3.8) is 0 Å². The third-order valence-electron chi connectivity index (χ3n) is 3.21. The summed E-state index contributed by atoms with van der Waals surface area (Å²) in [4.78, 5) is 11.9. The summed E-state index contributed by atoms with van der Waals surface area (Å²) in [7, 11) is 3.12. The van der Waals surface area contributed by atoms with Crippen LogP contribution in [-0.2, 0) is 16.0 Å². The SMILES string of the molecule is COc1ccc(CC(=O)OCCOc2cccc(Br)c2)cc1OC. The van der Waals surface area contributed by atoms with Gasteiger partial charge in [-0.1, -0.05) is 28.1 Å². The van der Waals surface area contributed by atoms with Gasteiger partial charge in [0.2, 0.25) is 0 Å². The fourth-order valence-corrected chi connectivity index (χ4v) is 2.46. The van der Waals surface area contributed by atoms with E-state index < -0.39 is 0 Å². The van der Waals surface area contributed by atoms with E-state index in [0.717, 1.165) is 15.8 Å². The molecule has 0 saturated heterocycles. The van der Waals surface area contributed by atoms with Gasteiger partial charge in [-0.2, -0.15) is 0 Å². The fourth-order valence-electron chi connectivity index (χ4n) is 2.08. The zero-order valence-electron chi connectivity index (χ0n) is 13.6. The molecule has 5 nitrogen and oxygen atoms in total. The van der Waals surface area contributed by atoms with E-state index in [1.807, 2.05) is 24.3 Å². The average molecular weight is 395 g/mol. The summed E-state index contributed by atoms with van der Waals surface area (Å²) in [6, 6.07) is 12.8. The molecule has 2 rings (SSSR count). The number of hydrogen-bond donors (Lipinski definition) is 0. The highest BCUT2D eigenvalue weighted by atomic mass is 79.9. The predicted molar refractivity (Wildman–Crippen MR) is 93.8 cm³/mol. The van der Waals surface area contributed by atoms with Crippen molar-refractivity contribution >= 4 is 21.9 Å². The molecule has 0 N–H and O–H groups in total. The smallest absolute Gasteiger partial charge is 0.310 e. The first-order valence-corrected chi connectivity index (χ1v) is 8.16. The third-order valence-corrected chi connectivity index (χ3v) is 3.70. The van der Waals surface area contributed by atoms with Crippen molar-refractivity contribution in [1.29, 1.82) is 0 Å². The number of benzene rings is 2. The summed E-state index contributed by atoms with van der Waals surface area (Å²) in [5, 5.41) is 0. The number of ether oxygens (including phenoxy) is 4. The second-order valence-electron chi connectivity index (χ2n) is 4.89. The Labute approximate surface area is 149 Å². The maximum absolute atomic E-state index is 11.9. The highest BCUT2D eigenvalue weighted by Gasteiger charge is 2.09. The minimum Gasteiger partial charge on any atom is -0.493 e. The summed E-state index contributed by atoms with van der Waals surface area (Å²) in [6.45, 7) is 0.493. The average Bonchev–Trinajstić information content (AvgIpc) is 2.58. The van der Waals surface area contributed by atoms with E-state index in [1.165, 1.54) is 0 Å². The molecular formula is C18H19BrO5. The van der Waals surface area contributed by atoms with Gasteiger partial charge in [-0.25, -0.2) is 0 Å². The first-order valence-electron chi connectivity index (χ1n) is 7.37. The van der Waals surface area contributed by atoms with Gasteiger partial charge in [0.15, 0.2) is 11.5 Å². The van der Waals surface area contributed by atoms with Crippen LogP contribution in [0.25, 0.3) is 0 Å². The lowest BCUT2D eigenvalue weighted by atomic mass is 10.1. The maximum atomic E-state index is 11.9. The van der Waals surface area contributed by atoms with Gasteiger partial charge in [0.25, 0.3) is 0 Å². The van der Waals surface area contributed by atoms with Crippen molar-refractivity contribution < 1.29 is 23.7 Å². The molecule has 0 saturated carbocycles. The second kappa shape index (κ2) is 9.17. The van der Waals surface area contributed by atoms with Crippen LogP contribution in [-0.4, -0.2) is 33.4 Å². The molecular weight excluding hydrogens is 376 g/mol. The van der Waals surface area contributed by atoms with Crippen LogP contribution >= 0.6 is 15.9 Å². The van der Waals surface area contributed by atoms with Crippen LogP contribution in [0.1, 0.15) is 5.56 Å². The van der Waals surface area contributed by atoms with Gasteiger partial charge in [0.05, 0.1) is 20.6 Å². The van der Waals surface area contributed by atoms with Gasteiger partial charge in [-0.3, -0.25) is 4.79 Å². The van der Waals surface area contributed by atoms with Gasteiger partial charge in [-0.15, -0.1) is 0 Å². The summed E-state index contributed by atoms with van der Waals surface area (Å²) in [6.07, 6.45) is 0.164. The Morgan fingerprint density at radius 3 is 2.50 bits per heavy atom. The third kappa shape index (κ3) is 5.45. The van der Waals surface area contributed by atoms with E-state index in [-0.39, 0.29) is 19.0 Å². The number of hydrogen-bond acceptors (Lipinski definition) is 5. The summed E-state index contributed by atoms with van der Waals surface area (Å²) in [5.74, 6) is 1.61. The van der Waals surface area contributed by atoms with Crippen molar-refractivity contribution in [2.45, 2.75) is 6.42 Å². The quantitative estimate of drug-likeness (QED) is 0.505. The van der Waals surface area contributed by atoms with Crippen LogP contribution in [0.2, 0.25) is 0 Å². The minimum absolute atomic E-state index is 0.164. The maximum Gasteiger partial charge on any atom is 0.310 e. The van der Waals surface area contributed by atoms with E-state index in [2.05, 4.69) is 15.9 Å². The van der Waals surface area contributed by atoms with Crippen molar-refractivity contribution in [2.75, 3.05) is 27.4 Å². The van der Waals surface area contributed by atoms with Crippen LogP contribution in [0.15, 0.2) is 46.9 Å². The van der Waals surface area contributed by atoms with Crippen LogP contribution in [0, 0.1) is 0 Å². The Morgan fingerprint density at radius 2 is 1.79 bits per heavy atom. The van der Waals surface area contributed by atoms with Gasteiger partial charge >= 0.3 is 5.97 Å². The molecule has 0 fully saturated rings. The molecule has 2 aromatic carbocycles. The molecule has 0 aliphatic rings. The van der Waals surface area contributed by atoms with Gasteiger partial charge in [-0.05, 0) is 35.9 Å². The van der Waals surface area contributed by atoms with Crippen molar-refractivity contribution in [3.05, 3.63) is 52.5 Å². The first kappa shape index (κ1) is 18.1. The Hall–Kier alpha value is -2.21. The monoisotopic (exact) mass is 394 g/mol. The van der Waals surface area contributed by atoms with E-state index in [0.29, 0.717) is 18.1 Å². The number of esters is 1. The van der Waals surface area contributed by atoms with Crippen molar-refractivity contribution in [3.8, 4) is 17.2 Å². The number of methoxy groups -OCH3 is 2. The molecule has 0 radical (unpaired) electrons. The predicted octanol–water partition coefficient (Wildman–Crippen LogP) is 3.63. The largest absolute Gasteiger partial charge is 0.493 e. The molecule has 0 heterocycles. The first-order chi connectivity index (χ1) is 11.6. The topological polar surface area (TPSA) is 54.0 Å². The summed E-state index contributed by atoms with van der Waals surface area (Å²) in [5.41, 5.74) is 0.797. The molecule has 0 amide bonds. The fraction of sp³-hybridized carbons (Fsp3) is 0.278. The summed E-state index contributed by atoms with van der Waals surface area (Å²) < 4.78 is 22.0. The molecule has 0 aromatic heterocycles. The van der Waals surface area contributed by atoms with Crippen LogP contribution in [0.3, 0.4) is 0 Å². The van der Waals surface area contributed by atoms with Gasteiger partial charge < -0.3 is 18.9 Å². The molecule has 0 aliphatic heterocycles. The van der Waals surface area contributed by atoms with Gasteiger partial charge in [0.1, 0.15) is 19.0 Å². The number of rotatable bonds is 8. The molecule has 0 aliphatic carbocycles. The van der Waals surface area contributed by atoms with E-state index in [9.17, 15) is 4.79 Å². The lowest BCUT2D eigenvalue weighted by molar-refractivity contribution is -0.143. The Kier molecular flexibility index (Phi) is 6.93. The molecule has 24 heavy (non-hydrogen) atoms. The Balaban J connectivity index is 1.77. The second-order valence-corrected chi connectivity index (χ2v) is 5.81. The molecule has 2 aromatic rings. The normalized spacial score (nSPS) is 10.1. The molecule has 0 spiro atoms. The standard InChI is InChI=1S/C18H19BrO5/c1-21-16-7-6-13(10-17(16)22-2)11-18(20)24-9-8-23-15-5-3-4-14(19)12-15/h3-7,10,12H,8-9,11H2,1-2H3. The number of halogens is 1. The molecule has 6 heteroatoms. The van der Waals surface area contributed by atoms with E-state index in [1.54, 1.807) is 32.4 Å². The van der Waals surface area contributed by atoms with E-state index >= 15 is 0 Å². The lowest BCUT2D eigenvalue weighted by Crippen LogP contribution is -2.14. The van der Waals surface area contributed by atoms with Crippen molar-refractivity contribution in [1.82, 2.24) is 0 Å². The Bertz CT molecular complexity index is 687. The Morgan fingerprint density at radius 1 is 1.00 bits per heavy atom. The molecule has 0 atom stereocenters. The highest BCUT2D eigenvalue weighted by molar-refractivity contribution is 9.10. The van der Waals surface area contributed by atoms with Crippen LogP contribution in [0.4, 0.5) is 0 Å². The molecule has 0 unspecified atom stereocenters. The number of carbonyl (C=O) groups excluding carboxylic acids is 1. The zero-order chi connectivity index (χ0) is 17.4. The minimum atomic E-state index is -0.319. The number of carbonyl (C=O) groups is 1. The summed E-state index contributed by atoms with van der Waals surface area (Å²) >= 11 is 3.37. The highest BCUT2D eigenvalue weighted by Crippen LogP contribution is 2.27. The van der Waals surface area contributed by atoms with Crippen LogP contribution in [0.5, 0.6) is 17.2 Å².